The first-order valence-electron chi connectivity index (χ1n) is 14.4. The fourth-order valence-electron chi connectivity index (χ4n) is 4.86. The van der Waals surface area contributed by atoms with E-state index in [1.165, 1.54) is 18.7 Å². The van der Waals surface area contributed by atoms with Gasteiger partial charge in [0.25, 0.3) is 5.91 Å². The summed E-state index contributed by atoms with van der Waals surface area (Å²) in [5.41, 5.74) is 0.870. The van der Waals surface area contributed by atoms with Gasteiger partial charge in [0.15, 0.2) is 0 Å². The van der Waals surface area contributed by atoms with E-state index in [0.29, 0.717) is 18.8 Å². The van der Waals surface area contributed by atoms with E-state index in [-0.39, 0.29) is 36.1 Å². The van der Waals surface area contributed by atoms with Gasteiger partial charge in [-0.3, -0.25) is 14.4 Å². The zero-order valence-electron chi connectivity index (χ0n) is 23.7. The Morgan fingerprint density at radius 3 is 2.41 bits per heavy atom. The van der Waals surface area contributed by atoms with E-state index in [4.69, 9.17) is 9.26 Å². The third-order valence-electron chi connectivity index (χ3n) is 7.70. The second kappa shape index (κ2) is 15.3. The summed E-state index contributed by atoms with van der Waals surface area (Å²) in [6, 6.07) is 7.57. The van der Waals surface area contributed by atoms with E-state index in [1.807, 2.05) is 45.0 Å². The third-order valence-corrected chi connectivity index (χ3v) is 7.70. The monoisotopic (exact) mass is 540 g/mol. The van der Waals surface area contributed by atoms with Crippen LogP contribution in [-0.4, -0.2) is 41.1 Å². The lowest BCUT2D eigenvalue weighted by Crippen LogP contribution is -2.56. The van der Waals surface area contributed by atoms with Gasteiger partial charge in [-0.05, 0) is 37.7 Å². The van der Waals surface area contributed by atoms with Crippen LogP contribution in [0.5, 0.6) is 5.75 Å². The highest BCUT2D eigenvalue weighted by atomic mass is 16.5. The van der Waals surface area contributed by atoms with Crippen LogP contribution >= 0.6 is 0 Å². The van der Waals surface area contributed by atoms with Crippen molar-refractivity contribution in [3.8, 4) is 5.75 Å². The maximum atomic E-state index is 13.6. The highest BCUT2D eigenvalue weighted by Gasteiger charge is 2.32. The maximum Gasteiger partial charge on any atom is 0.290 e. The van der Waals surface area contributed by atoms with E-state index in [0.717, 1.165) is 43.4 Å². The summed E-state index contributed by atoms with van der Waals surface area (Å²) in [6.45, 7) is 8.27. The number of rotatable bonds is 14. The second-order valence-electron chi connectivity index (χ2n) is 10.7. The smallest absolute Gasteiger partial charge is 0.290 e. The number of aromatic nitrogens is 1. The molecule has 3 N–H and O–H groups in total. The largest absolute Gasteiger partial charge is 0.490 e. The molecule has 3 amide bonds. The van der Waals surface area contributed by atoms with Crippen molar-refractivity contribution in [2.75, 3.05) is 0 Å². The van der Waals surface area contributed by atoms with Crippen LogP contribution in [0.3, 0.4) is 0 Å². The molecule has 1 aromatic carbocycles. The number of ether oxygens (including phenoxy) is 1. The zero-order chi connectivity index (χ0) is 28.2. The minimum atomic E-state index is -0.783. The molecule has 1 unspecified atom stereocenters. The number of nitrogens with one attached hydrogen (secondary N) is 3. The van der Waals surface area contributed by atoms with Gasteiger partial charge in [-0.2, -0.15) is 0 Å². The molecule has 9 heteroatoms. The molecule has 39 heavy (non-hydrogen) atoms. The Morgan fingerprint density at radius 1 is 1.00 bits per heavy atom. The third kappa shape index (κ3) is 9.11. The topological polar surface area (TPSA) is 123 Å². The summed E-state index contributed by atoms with van der Waals surface area (Å²) < 4.78 is 11.0. The Kier molecular flexibility index (Phi) is 11.8. The van der Waals surface area contributed by atoms with Crippen LogP contribution in [0, 0.1) is 11.8 Å². The van der Waals surface area contributed by atoms with Gasteiger partial charge in [0, 0.05) is 18.2 Å². The molecule has 1 heterocycles. The normalized spacial score (nSPS) is 16.9. The van der Waals surface area contributed by atoms with Crippen LogP contribution < -0.4 is 20.7 Å². The lowest BCUT2D eigenvalue weighted by atomic mass is 9.84. The molecule has 0 bridgehead atoms. The van der Waals surface area contributed by atoms with Crippen LogP contribution in [0.25, 0.3) is 0 Å². The number of carbonyl (C=O) groups excluding carboxylic acids is 3. The van der Waals surface area contributed by atoms with Gasteiger partial charge in [-0.15, -0.1) is 0 Å². The Labute approximate surface area is 231 Å². The minimum absolute atomic E-state index is 0.0472. The fourth-order valence-corrected chi connectivity index (χ4v) is 4.86. The first-order valence-corrected chi connectivity index (χ1v) is 14.4. The zero-order valence-corrected chi connectivity index (χ0v) is 23.7. The van der Waals surface area contributed by atoms with Crippen LogP contribution in [0.1, 0.15) is 95.2 Å². The van der Waals surface area contributed by atoms with Crippen molar-refractivity contribution in [3.63, 3.8) is 0 Å². The molecule has 1 aliphatic rings. The predicted molar refractivity (Wildman–Crippen MR) is 149 cm³/mol. The quantitative estimate of drug-likeness (QED) is 0.317. The van der Waals surface area contributed by atoms with Crippen molar-refractivity contribution in [1.82, 2.24) is 21.1 Å². The standard InChI is InChI=1S/C30H44N4O5/c1-5-20(3)27(30(37)31-19-23-14-10-11-15-25(23)38-21(4)6-2)34-28(35)24(18-22-12-8-7-9-13-22)33-29(36)26-16-17-32-39-26/h10-11,14-17,20-22,24,27H,5-9,12-13,18-19H2,1-4H3,(H,31,37)(H,33,36)(H,34,35)/t20-,21?,24-,27-/m0/s1. The van der Waals surface area contributed by atoms with Gasteiger partial charge in [-0.25, -0.2) is 0 Å². The average Bonchev–Trinajstić information content (AvgIpc) is 3.50. The number of hydrogen-bond donors (Lipinski definition) is 3. The number of benzene rings is 1. The molecule has 3 rings (SSSR count). The van der Waals surface area contributed by atoms with Crippen molar-refractivity contribution in [1.29, 1.82) is 0 Å². The molecule has 214 valence electrons. The van der Waals surface area contributed by atoms with Gasteiger partial charge in [0.05, 0.1) is 12.3 Å². The summed E-state index contributed by atoms with van der Waals surface area (Å²) in [7, 11) is 0. The van der Waals surface area contributed by atoms with Crippen molar-refractivity contribution < 1.29 is 23.6 Å². The summed E-state index contributed by atoms with van der Waals surface area (Å²) in [4.78, 5) is 39.7. The molecule has 0 spiro atoms. The van der Waals surface area contributed by atoms with Gasteiger partial charge >= 0.3 is 0 Å². The molecule has 0 aliphatic heterocycles. The number of nitrogens with zero attached hydrogens (tertiary/aromatic N) is 1. The number of hydrogen-bond acceptors (Lipinski definition) is 6. The Bertz CT molecular complexity index is 1050. The van der Waals surface area contributed by atoms with Gasteiger partial charge in [0.1, 0.15) is 17.8 Å². The van der Waals surface area contributed by atoms with Crippen LogP contribution in [0.4, 0.5) is 0 Å². The number of para-hydroxylation sites is 1. The Balaban J connectivity index is 1.70. The van der Waals surface area contributed by atoms with Gasteiger partial charge in [-0.1, -0.05) is 82.7 Å². The minimum Gasteiger partial charge on any atom is -0.490 e. The molecular formula is C30H44N4O5. The fraction of sp³-hybridized carbons (Fsp3) is 0.600. The number of amides is 3. The molecule has 1 fully saturated rings. The maximum absolute atomic E-state index is 13.6. The molecule has 1 saturated carbocycles. The lowest BCUT2D eigenvalue weighted by molar-refractivity contribution is -0.131. The summed E-state index contributed by atoms with van der Waals surface area (Å²) in [5, 5.41) is 12.4. The van der Waals surface area contributed by atoms with E-state index in [9.17, 15) is 14.4 Å². The van der Waals surface area contributed by atoms with Crippen LogP contribution in [-0.2, 0) is 16.1 Å². The first kappa shape index (κ1) is 30.2. The predicted octanol–water partition coefficient (Wildman–Crippen LogP) is 4.77. The molecule has 0 saturated heterocycles. The summed E-state index contributed by atoms with van der Waals surface area (Å²) in [5.74, 6) is -0.123. The van der Waals surface area contributed by atoms with Crippen molar-refractivity contribution in [3.05, 3.63) is 47.9 Å². The van der Waals surface area contributed by atoms with Gasteiger partial charge < -0.3 is 25.2 Å². The summed E-state index contributed by atoms with van der Waals surface area (Å²) in [6.07, 6.45) is 9.01. The first-order chi connectivity index (χ1) is 18.8. The van der Waals surface area contributed by atoms with E-state index < -0.39 is 18.0 Å². The molecular weight excluding hydrogens is 496 g/mol. The van der Waals surface area contributed by atoms with E-state index in [2.05, 4.69) is 28.0 Å². The van der Waals surface area contributed by atoms with Crippen molar-refractivity contribution in [2.24, 2.45) is 11.8 Å². The van der Waals surface area contributed by atoms with Gasteiger partial charge in [0.2, 0.25) is 17.6 Å². The average molecular weight is 541 g/mol. The molecule has 1 aliphatic carbocycles. The molecule has 4 atom stereocenters. The highest BCUT2D eigenvalue weighted by molar-refractivity contribution is 5.96. The Morgan fingerprint density at radius 2 is 1.74 bits per heavy atom. The number of carbonyl (C=O) groups is 3. The molecule has 0 radical (unpaired) electrons. The van der Waals surface area contributed by atoms with Crippen LogP contribution in [0.2, 0.25) is 0 Å². The Hall–Kier alpha value is -3.36. The lowest BCUT2D eigenvalue weighted by Gasteiger charge is -2.29. The highest BCUT2D eigenvalue weighted by Crippen LogP contribution is 2.28. The van der Waals surface area contributed by atoms with Crippen molar-refractivity contribution in [2.45, 2.75) is 104 Å². The SMILES string of the molecule is CCC(C)Oc1ccccc1CNC(=O)[C@@H](NC(=O)[C@H](CC1CCCCC1)NC(=O)c1ccno1)[C@@H](C)CC. The molecule has 9 nitrogen and oxygen atoms in total. The van der Waals surface area contributed by atoms with E-state index in [1.54, 1.807) is 0 Å². The molecule has 1 aromatic heterocycles. The van der Waals surface area contributed by atoms with E-state index >= 15 is 0 Å². The molecule has 2 aromatic rings. The van der Waals surface area contributed by atoms with Crippen molar-refractivity contribution >= 4 is 17.7 Å². The van der Waals surface area contributed by atoms with Crippen LogP contribution in [0.15, 0.2) is 41.1 Å². The summed E-state index contributed by atoms with van der Waals surface area (Å²) >= 11 is 0. The second-order valence-corrected chi connectivity index (χ2v) is 10.7.